The molecule has 0 aromatic heterocycles. The van der Waals surface area contributed by atoms with Crippen molar-refractivity contribution in [2.24, 2.45) is 0 Å². The zero-order valence-electron chi connectivity index (χ0n) is 6.78. The van der Waals surface area contributed by atoms with E-state index in [9.17, 15) is 4.79 Å². The Morgan fingerprint density at radius 2 is 2.08 bits per heavy atom. The summed E-state index contributed by atoms with van der Waals surface area (Å²) >= 11 is 0. The Morgan fingerprint density at radius 3 is 2.58 bits per heavy atom. The molecule has 0 amide bonds. The van der Waals surface area contributed by atoms with Crippen LogP contribution in [0.2, 0.25) is 0 Å². The molecule has 1 N–H and O–H groups in total. The van der Waals surface area contributed by atoms with Crippen molar-refractivity contribution in [1.29, 1.82) is 0 Å². The van der Waals surface area contributed by atoms with Gasteiger partial charge in [0, 0.05) is 12.8 Å². The zero-order valence-corrected chi connectivity index (χ0v) is 6.78. The molecule has 68 valence electrons. The fourth-order valence-corrected chi connectivity index (χ4v) is 1.85. The number of carboxylic acids is 1. The smallest absolute Gasteiger partial charge is 0.335 e. The van der Waals surface area contributed by atoms with Crippen molar-refractivity contribution in [2.75, 3.05) is 6.61 Å². The summed E-state index contributed by atoms with van der Waals surface area (Å²) in [5, 5.41) is 8.65. The molecule has 1 aliphatic heterocycles. The maximum absolute atomic E-state index is 10.5. The first-order valence-electron chi connectivity index (χ1n) is 4.26. The number of hydrogen-bond acceptors (Lipinski definition) is 3. The van der Waals surface area contributed by atoms with E-state index in [4.69, 9.17) is 14.6 Å². The second-order valence-electron chi connectivity index (χ2n) is 3.37. The summed E-state index contributed by atoms with van der Waals surface area (Å²) in [5.74, 6) is -1.46. The highest BCUT2D eigenvalue weighted by molar-refractivity contribution is 5.72. The number of ether oxygens (including phenoxy) is 2. The van der Waals surface area contributed by atoms with Gasteiger partial charge in [-0.3, -0.25) is 0 Å². The molecule has 12 heavy (non-hydrogen) atoms. The van der Waals surface area contributed by atoms with E-state index in [1.54, 1.807) is 0 Å². The van der Waals surface area contributed by atoms with Gasteiger partial charge in [-0.25, -0.2) is 4.79 Å². The van der Waals surface area contributed by atoms with Gasteiger partial charge in [-0.2, -0.15) is 0 Å². The standard InChI is InChI=1S/C8H12O4/c9-7(10)6-5-11-8(12-6)3-1-2-4-8/h6H,1-5H2,(H,9,10). The van der Waals surface area contributed by atoms with E-state index in [1.165, 1.54) is 0 Å². The van der Waals surface area contributed by atoms with Gasteiger partial charge in [-0.15, -0.1) is 0 Å². The third-order valence-corrected chi connectivity index (χ3v) is 2.50. The molecule has 1 unspecified atom stereocenters. The first kappa shape index (κ1) is 8.01. The lowest BCUT2D eigenvalue weighted by molar-refractivity contribution is -0.176. The van der Waals surface area contributed by atoms with Crippen LogP contribution in [0.4, 0.5) is 0 Å². The van der Waals surface area contributed by atoms with Crippen LogP contribution < -0.4 is 0 Å². The Morgan fingerprint density at radius 1 is 1.42 bits per heavy atom. The summed E-state index contributed by atoms with van der Waals surface area (Å²) in [6.07, 6.45) is 3.09. The first-order chi connectivity index (χ1) is 5.72. The average molecular weight is 172 g/mol. The van der Waals surface area contributed by atoms with Crippen molar-refractivity contribution in [3.8, 4) is 0 Å². The highest BCUT2D eigenvalue weighted by Gasteiger charge is 2.45. The van der Waals surface area contributed by atoms with Crippen LogP contribution in [0.5, 0.6) is 0 Å². The maximum Gasteiger partial charge on any atom is 0.335 e. The van der Waals surface area contributed by atoms with Crippen molar-refractivity contribution in [1.82, 2.24) is 0 Å². The first-order valence-corrected chi connectivity index (χ1v) is 4.26. The molecule has 1 saturated carbocycles. The molecule has 1 heterocycles. The van der Waals surface area contributed by atoms with E-state index >= 15 is 0 Å². The van der Waals surface area contributed by atoms with Gasteiger partial charge >= 0.3 is 5.97 Å². The molecule has 1 atom stereocenters. The summed E-state index contributed by atoms with van der Waals surface area (Å²) in [5.41, 5.74) is 0. The molecule has 1 spiro atoms. The quantitative estimate of drug-likeness (QED) is 0.634. The topological polar surface area (TPSA) is 55.8 Å². The van der Waals surface area contributed by atoms with E-state index in [2.05, 4.69) is 0 Å². The molecule has 1 saturated heterocycles. The van der Waals surface area contributed by atoms with E-state index < -0.39 is 17.9 Å². The van der Waals surface area contributed by atoms with Crippen LogP contribution >= 0.6 is 0 Å². The van der Waals surface area contributed by atoms with Crippen LogP contribution in [-0.4, -0.2) is 29.6 Å². The summed E-state index contributed by atoms with van der Waals surface area (Å²) < 4.78 is 10.7. The minimum absolute atomic E-state index is 0.204. The maximum atomic E-state index is 10.5. The zero-order chi connectivity index (χ0) is 8.60. The molecular formula is C8H12O4. The summed E-state index contributed by atoms with van der Waals surface area (Å²) in [6.45, 7) is 0.204. The van der Waals surface area contributed by atoms with Crippen molar-refractivity contribution in [2.45, 2.75) is 37.6 Å². The number of hydrogen-bond donors (Lipinski definition) is 1. The molecule has 4 heteroatoms. The predicted octanol–water partition coefficient (Wildman–Crippen LogP) is 0.757. The lowest BCUT2D eigenvalue weighted by Crippen LogP contribution is -2.29. The van der Waals surface area contributed by atoms with Gasteiger partial charge in [0.2, 0.25) is 0 Å². The number of rotatable bonds is 1. The lowest BCUT2D eigenvalue weighted by atomic mass is 10.2. The van der Waals surface area contributed by atoms with E-state index in [0.29, 0.717) is 0 Å². The van der Waals surface area contributed by atoms with E-state index in [1.807, 2.05) is 0 Å². The Labute approximate surface area is 70.5 Å². The Bertz CT molecular complexity index is 195. The SMILES string of the molecule is O=C(O)C1COC2(CCCC2)O1. The molecule has 0 bridgehead atoms. The molecule has 0 radical (unpaired) electrons. The number of aliphatic carboxylic acids is 1. The average Bonchev–Trinajstić information content (AvgIpc) is 2.62. The normalized spacial score (nSPS) is 32.8. The monoisotopic (exact) mass is 172 g/mol. The molecule has 2 rings (SSSR count). The Kier molecular flexibility index (Phi) is 1.81. The minimum atomic E-state index is -0.918. The molecule has 4 nitrogen and oxygen atoms in total. The molecular weight excluding hydrogens is 160 g/mol. The Balaban J connectivity index is 2.01. The van der Waals surface area contributed by atoms with Crippen LogP contribution in [0.3, 0.4) is 0 Å². The predicted molar refractivity (Wildman–Crippen MR) is 39.7 cm³/mol. The molecule has 0 aromatic rings. The van der Waals surface area contributed by atoms with Gasteiger partial charge < -0.3 is 14.6 Å². The molecule has 2 fully saturated rings. The van der Waals surface area contributed by atoms with Crippen molar-refractivity contribution < 1.29 is 19.4 Å². The largest absolute Gasteiger partial charge is 0.479 e. The van der Waals surface area contributed by atoms with Crippen molar-refractivity contribution >= 4 is 5.97 Å². The van der Waals surface area contributed by atoms with Gasteiger partial charge in [0.1, 0.15) is 0 Å². The van der Waals surface area contributed by atoms with Gasteiger partial charge in [-0.1, -0.05) is 0 Å². The molecule has 0 aromatic carbocycles. The van der Waals surface area contributed by atoms with Crippen LogP contribution in [-0.2, 0) is 14.3 Å². The van der Waals surface area contributed by atoms with Gasteiger partial charge in [0.05, 0.1) is 6.61 Å². The Hall–Kier alpha value is -0.610. The summed E-state index contributed by atoms with van der Waals surface area (Å²) in [7, 11) is 0. The number of carbonyl (C=O) groups is 1. The van der Waals surface area contributed by atoms with Gasteiger partial charge in [0.15, 0.2) is 11.9 Å². The van der Waals surface area contributed by atoms with Crippen LogP contribution in [0.25, 0.3) is 0 Å². The fraction of sp³-hybridized carbons (Fsp3) is 0.875. The van der Waals surface area contributed by atoms with Crippen LogP contribution in [0.1, 0.15) is 25.7 Å². The van der Waals surface area contributed by atoms with Crippen LogP contribution in [0, 0.1) is 0 Å². The highest BCUT2D eigenvalue weighted by atomic mass is 16.8. The summed E-state index contributed by atoms with van der Waals surface area (Å²) in [4.78, 5) is 10.5. The fourth-order valence-electron chi connectivity index (χ4n) is 1.85. The number of carboxylic acid groups (broad SMARTS) is 1. The second-order valence-corrected chi connectivity index (χ2v) is 3.37. The van der Waals surface area contributed by atoms with E-state index in [-0.39, 0.29) is 6.61 Å². The van der Waals surface area contributed by atoms with Crippen molar-refractivity contribution in [3.05, 3.63) is 0 Å². The lowest BCUT2D eigenvalue weighted by Gasteiger charge is -2.20. The third-order valence-electron chi connectivity index (χ3n) is 2.50. The van der Waals surface area contributed by atoms with Crippen molar-refractivity contribution in [3.63, 3.8) is 0 Å². The van der Waals surface area contributed by atoms with Gasteiger partial charge in [0.25, 0.3) is 0 Å². The van der Waals surface area contributed by atoms with Crippen LogP contribution in [0.15, 0.2) is 0 Å². The summed E-state index contributed by atoms with van der Waals surface area (Å²) in [6, 6.07) is 0. The second kappa shape index (κ2) is 2.71. The van der Waals surface area contributed by atoms with Gasteiger partial charge in [-0.05, 0) is 12.8 Å². The highest BCUT2D eigenvalue weighted by Crippen LogP contribution is 2.39. The molecule has 1 aliphatic carbocycles. The molecule has 2 aliphatic rings. The third kappa shape index (κ3) is 1.21. The van der Waals surface area contributed by atoms with E-state index in [0.717, 1.165) is 25.7 Å². The minimum Gasteiger partial charge on any atom is -0.479 e.